The first-order chi connectivity index (χ1) is 6.38. The van der Waals surface area contributed by atoms with Gasteiger partial charge in [0.05, 0.1) is 12.8 Å². The van der Waals surface area contributed by atoms with E-state index in [2.05, 4.69) is 11.3 Å². The Balaban J connectivity index is 1.84. The quantitative estimate of drug-likeness (QED) is 0.691. The molecule has 72 valence electrons. The maximum absolute atomic E-state index is 5.30. The largest absolute Gasteiger partial charge is 0.377 e. The predicted octanol–water partition coefficient (Wildman–Crippen LogP) is 1.83. The Morgan fingerprint density at radius 3 is 3.15 bits per heavy atom. The fourth-order valence-electron chi connectivity index (χ4n) is 1.37. The summed E-state index contributed by atoms with van der Waals surface area (Å²) in [5, 5.41) is 4.29. The summed E-state index contributed by atoms with van der Waals surface area (Å²) in [4.78, 5) is 0. The highest BCUT2D eigenvalue weighted by molar-refractivity contribution is 5.02. The van der Waals surface area contributed by atoms with Gasteiger partial charge in [-0.1, -0.05) is 0 Å². The van der Waals surface area contributed by atoms with Crippen LogP contribution >= 0.6 is 0 Å². The molecule has 0 aliphatic heterocycles. The van der Waals surface area contributed by atoms with Crippen molar-refractivity contribution in [1.29, 1.82) is 0 Å². The van der Waals surface area contributed by atoms with Crippen LogP contribution in [0.4, 0.5) is 0 Å². The van der Waals surface area contributed by atoms with Crippen LogP contribution in [0.3, 0.4) is 0 Å². The van der Waals surface area contributed by atoms with E-state index in [4.69, 9.17) is 4.74 Å². The number of nitrogens with zero attached hydrogens (tertiary/aromatic N) is 2. The van der Waals surface area contributed by atoms with E-state index in [9.17, 15) is 0 Å². The van der Waals surface area contributed by atoms with Crippen LogP contribution in [0.5, 0.6) is 0 Å². The number of hydrogen-bond donors (Lipinski definition) is 0. The van der Waals surface area contributed by atoms with Crippen molar-refractivity contribution in [2.24, 2.45) is 5.92 Å². The Bertz CT molecular complexity index is 266. The van der Waals surface area contributed by atoms with Crippen molar-refractivity contribution < 1.29 is 4.74 Å². The molecule has 13 heavy (non-hydrogen) atoms. The van der Waals surface area contributed by atoms with E-state index in [1.807, 2.05) is 17.8 Å². The first-order valence-electron chi connectivity index (χ1n) is 4.97. The van der Waals surface area contributed by atoms with Crippen LogP contribution < -0.4 is 0 Å². The van der Waals surface area contributed by atoms with E-state index in [1.54, 1.807) is 0 Å². The lowest BCUT2D eigenvalue weighted by Crippen LogP contribution is -1.99. The van der Waals surface area contributed by atoms with Gasteiger partial charge >= 0.3 is 0 Å². The van der Waals surface area contributed by atoms with Crippen LogP contribution in [0, 0.1) is 5.92 Å². The zero-order valence-corrected chi connectivity index (χ0v) is 8.07. The number of hydrogen-bond acceptors (Lipinski definition) is 2. The zero-order valence-electron chi connectivity index (χ0n) is 8.07. The molecule has 0 amide bonds. The summed E-state index contributed by atoms with van der Waals surface area (Å²) in [7, 11) is 0. The summed E-state index contributed by atoms with van der Waals surface area (Å²) >= 11 is 0. The molecule has 1 aliphatic rings. The molecule has 1 aromatic rings. The van der Waals surface area contributed by atoms with E-state index in [1.165, 1.54) is 18.4 Å². The highest BCUT2D eigenvalue weighted by Gasteiger charge is 2.21. The third kappa shape index (κ3) is 2.56. The molecule has 0 bridgehead atoms. The minimum Gasteiger partial charge on any atom is -0.377 e. The van der Waals surface area contributed by atoms with E-state index in [0.29, 0.717) is 6.61 Å². The molecule has 0 N–H and O–H groups in total. The molecule has 0 saturated heterocycles. The third-order valence-corrected chi connectivity index (χ3v) is 2.30. The minimum absolute atomic E-state index is 0.696. The molecule has 0 atom stereocenters. The van der Waals surface area contributed by atoms with Crippen molar-refractivity contribution in [2.45, 2.75) is 32.9 Å². The predicted molar refractivity (Wildman–Crippen MR) is 50.3 cm³/mol. The molecule has 0 unspecified atom stereocenters. The summed E-state index contributed by atoms with van der Waals surface area (Å²) in [5.74, 6) is 0.889. The number of ether oxygens (including phenoxy) is 1. The van der Waals surface area contributed by atoms with E-state index >= 15 is 0 Å². The molecule has 3 heteroatoms. The van der Waals surface area contributed by atoms with Gasteiger partial charge in [0.2, 0.25) is 0 Å². The molecule has 0 spiro atoms. The first-order valence-corrected chi connectivity index (χ1v) is 4.97. The zero-order chi connectivity index (χ0) is 9.10. The van der Waals surface area contributed by atoms with E-state index in [-0.39, 0.29) is 0 Å². The van der Waals surface area contributed by atoms with Gasteiger partial charge in [0, 0.05) is 24.9 Å². The lowest BCUT2D eigenvalue weighted by Gasteiger charge is -1.97. The SMILES string of the molecule is CCOCc1cnn(CC2CC2)c1. The maximum atomic E-state index is 5.30. The summed E-state index contributed by atoms with van der Waals surface area (Å²) < 4.78 is 7.33. The smallest absolute Gasteiger partial charge is 0.0747 e. The van der Waals surface area contributed by atoms with E-state index < -0.39 is 0 Å². The molecule has 1 saturated carbocycles. The van der Waals surface area contributed by atoms with Crippen molar-refractivity contribution in [3.8, 4) is 0 Å². The molecule has 1 heterocycles. The average molecular weight is 180 g/mol. The Hall–Kier alpha value is -0.830. The summed E-state index contributed by atoms with van der Waals surface area (Å²) in [6.45, 7) is 4.57. The van der Waals surface area contributed by atoms with Gasteiger partial charge in [0.1, 0.15) is 0 Å². The molecule has 1 aliphatic carbocycles. The van der Waals surface area contributed by atoms with Crippen LogP contribution in [0.1, 0.15) is 25.3 Å². The second-order valence-corrected chi connectivity index (χ2v) is 3.65. The first kappa shape index (κ1) is 8.75. The maximum Gasteiger partial charge on any atom is 0.0747 e. The van der Waals surface area contributed by atoms with Crippen LogP contribution in [0.2, 0.25) is 0 Å². The van der Waals surface area contributed by atoms with Gasteiger partial charge in [-0.2, -0.15) is 5.10 Å². The van der Waals surface area contributed by atoms with Gasteiger partial charge in [0.15, 0.2) is 0 Å². The van der Waals surface area contributed by atoms with Crippen LogP contribution in [-0.4, -0.2) is 16.4 Å². The molecule has 0 radical (unpaired) electrons. The monoisotopic (exact) mass is 180 g/mol. The van der Waals surface area contributed by atoms with Crippen LogP contribution in [0.25, 0.3) is 0 Å². The Morgan fingerprint density at radius 2 is 2.46 bits per heavy atom. The summed E-state index contributed by atoms with van der Waals surface area (Å²) in [5.41, 5.74) is 1.18. The highest BCUT2D eigenvalue weighted by atomic mass is 16.5. The highest BCUT2D eigenvalue weighted by Crippen LogP contribution is 2.30. The lowest BCUT2D eigenvalue weighted by molar-refractivity contribution is 0.134. The van der Waals surface area contributed by atoms with Crippen molar-refractivity contribution in [3.05, 3.63) is 18.0 Å². The van der Waals surface area contributed by atoms with Gasteiger partial charge in [-0.3, -0.25) is 4.68 Å². The van der Waals surface area contributed by atoms with Crippen molar-refractivity contribution in [2.75, 3.05) is 6.61 Å². The molecular formula is C10H16N2O. The second-order valence-electron chi connectivity index (χ2n) is 3.65. The molecule has 1 fully saturated rings. The van der Waals surface area contributed by atoms with Crippen LogP contribution in [0.15, 0.2) is 12.4 Å². The standard InChI is InChI=1S/C10H16N2O/c1-2-13-8-10-5-11-12(7-10)6-9-3-4-9/h5,7,9H,2-4,6,8H2,1H3. The normalized spacial score (nSPS) is 16.4. The van der Waals surface area contributed by atoms with Crippen molar-refractivity contribution in [3.63, 3.8) is 0 Å². The molecule has 2 rings (SSSR count). The van der Waals surface area contributed by atoms with Gasteiger partial charge < -0.3 is 4.74 Å². The average Bonchev–Trinajstić information content (AvgIpc) is 2.81. The Morgan fingerprint density at radius 1 is 1.62 bits per heavy atom. The summed E-state index contributed by atoms with van der Waals surface area (Å²) in [6, 6.07) is 0. The van der Waals surface area contributed by atoms with Gasteiger partial charge in [0.25, 0.3) is 0 Å². The minimum atomic E-state index is 0.696. The second kappa shape index (κ2) is 3.92. The summed E-state index contributed by atoms with van der Waals surface area (Å²) in [6.07, 6.45) is 6.74. The third-order valence-electron chi connectivity index (χ3n) is 2.30. The fourth-order valence-corrected chi connectivity index (χ4v) is 1.37. The Kier molecular flexibility index (Phi) is 2.64. The molecule has 1 aromatic heterocycles. The number of rotatable bonds is 5. The van der Waals surface area contributed by atoms with Gasteiger partial charge in [-0.25, -0.2) is 0 Å². The topological polar surface area (TPSA) is 27.1 Å². The lowest BCUT2D eigenvalue weighted by atomic mass is 10.4. The fraction of sp³-hybridized carbons (Fsp3) is 0.700. The molecular weight excluding hydrogens is 164 g/mol. The number of aromatic nitrogens is 2. The molecule has 3 nitrogen and oxygen atoms in total. The van der Waals surface area contributed by atoms with E-state index in [0.717, 1.165) is 19.1 Å². The van der Waals surface area contributed by atoms with Gasteiger partial charge in [-0.05, 0) is 25.7 Å². The van der Waals surface area contributed by atoms with Crippen LogP contribution in [-0.2, 0) is 17.9 Å². The van der Waals surface area contributed by atoms with Gasteiger partial charge in [-0.15, -0.1) is 0 Å². The van der Waals surface area contributed by atoms with Crippen molar-refractivity contribution in [1.82, 2.24) is 9.78 Å². The Labute approximate surface area is 78.7 Å². The van der Waals surface area contributed by atoms with Crippen molar-refractivity contribution >= 4 is 0 Å². The molecule has 0 aromatic carbocycles.